The summed E-state index contributed by atoms with van der Waals surface area (Å²) in [5.41, 5.74) is -1.26. The molecule has 5 rings (SSSR count). The van der Waals surface area contributed by atoms with Gasteiger partial charge in [0.2, 0.25) is 0 Å². The fourth-order valence-corrected chi connectivity index (χ4v) is 7.51. The third-order valence-corrected chi connectivity index (χ3v) is 9.24. The summed E-state index contributed by atoms with van der Waals surface area (Å²) < 4.78 is 18.2. The summed E-state index contributed by atoms with van der Waals surface area (Å²) in [5.74, 6) is -1.43. The summed E-state index contributed by atoms with van der Waals surface area (Å²) in [7, 11) is 0. The van der Waals surface area contributed by atoms with Crippen LogP contribution in [0.4, 0.5) is 0 Å². The molecule has 0 aromatic carbocycles. The number of fused-ring (bicyclic) bond motifs is 5. The highest BCUT2D eigenvalue weighted by molar-refractivity contribution is 5.96. The zero-order valence-corrected chi connectivity index (χ0v) is 20.7. The average Bonchev–Trinajstić information content (AvgIpc) is 3.20. The van der Waals surface area contributed by atoms with E-state index in [1.165, 1.54) is 0 Å². The van der Waals surface area contributed by atoms with Gasteiger partial charge in [-0.25, -0.2) is 4.79 Å². The highest BCUT2D eigenvalue weighted by Gasteiger charge is 2.77. The van der Waals surface area contributed by atoms with Crippen molar-refractivity contribution < 1.29 is 28.9 Å². The molecule has 2 saturated carbocycles. The molecule has 33 heavy (non-hydrogen) atoms. The van der Waals surface area contributed by atoms with Gasteiger partial charge in [-0.05, 0) is 68.4 Å². The Hall–Kier alpha value is -1.76. The maximum atomic E-state index is 14.5. The Morgan fingerprint density at radius 3 is 2.58 bits per heavy atom. The summed E-state index contributed by atoms with van der Waals surface area (Å²) in [6.07, 6.45) is 2.86. The number of hydrogen-bond donors (Lipinski definition) is 1. The first-order chi connectivity index (χ1) is 15.2. The fraction of sp³-hybridized carbons (Fsp3) is 0.704. The molecule has 180 valence electrons. The Labute approximate surface area is 196 Å². The van der Waals surface area contributed by atoms with Gasteiger partial charge in [-0.15, -0.1) is 0 Å². The number of carbonyl (C=O) groups is 2. The van der Waals surface area contributed by atoms with Crippen molar-refractivity contribution >= 4 is 11.8 Å². The van der Waals surface area contributed by atoms with Crippen LogP contribution in [0.3, 0.4) is 0 Å². The molecule has 5 aliphatic rings. The van der Waals surface area contributed by atoms with Crippen molar-refractivity contribution in [3.8, 4) is 0 Å². The van der Waals surface area contributed by atoms with Gasteiger partial charge >= 0.3 is 5.97 Å². The minimum Gasteiger partial charge on any atom is -0.451 e. The first kappa shape index (κ1) is 23.0. The Morgan fingerprint density at radius 1 is 1.27 bits per heavy atom. The molecule has 6 heteroatoms. The summed E-state index contributed by atoms with van der Waals surface area (Å²) in [5, 5.41) is 12.8. The van der Waals surface area contributed by atoms with E-state index in [0.29, 0.717) is 11.5 Å². The van der Waals surface area contributed by atoms with Crippen LogP contribution in [0.15, 0.2) is 35.5 Å². The van der Waals surface area contributed by atoms with E-state index in [9.17, 15) is 14.7 Å². The van der Waals surface area contributed by atoms with Gasteiger partial charge in [-0.1, -0.05) is 39.5 Å². The number of esters is 1. The topological polar surface area (TPSA) is 82.1 Å². The molecular weight excluding hydrogens is 420 g/mol. The lowest BCUT2D eigenvalue weighted by molar-refractivity contribution is -0.303. The summed E-state index contributed by atoms with van der Waals surface area (Å²) in [6, 6.07) is 0. The van der Waals surface area contributed by atoms with Gasteiger partial charge in [0, 0.05) is 11.5 Å². The molecular formula is C27H36O6. The van der Waals surface area contributed by atoms with Gasteiger partial charge < -0.3 is 19.3 Å². The van der Waals surface area contributed by atoms with E-state index >= 15 is 0 Å². The van der Waals surface area contributed by atoms with E-state index in [1.54, 1.807) is 20.8 Å². The van der Waals surface area contributed by atoms with Crippen molar-refractivity contribution in [2.24, 2.45) is 34.5 Å². The van der Waals surface area contributed by atoms with Crippen LogP contribution in [0.5, 0.6) is 0 Å². The molecule has 0 aromatic rings. The highest BCUT2D eigenvalue weighted by atomic mass is 16.7. The zero-order valence-electron chi connectivity index (χ0n) is 20.7. The van der Waals surface area contributed by atoms with Crippen molar-refractivity contribution in [1.29, 1.82) is 0 Å². The number of Topliss-reactive ketones (excluding diaryl/α,β-unsaturated/α-hetero) is 1. The molecule has 0 radical (unpaired) electrons. The zero-order chi connectivity index (χ0) is 24.3. The molecule has 0 aromatic heterocycles. The van der Waals surface area contributed by atoms with Crippen molar-refractivity contribution in [2.45, 2.75) is 78.5 Å². The minimum absolute atomic E-state index is 0.00658. The van der Waals surface area contributed by atoms with Crippen LogP contribution in [-0.2, 0) is 23.8 Å². The number of carbonyl (C=O) groups excluding carboxylic acids is 2. The summed E-state index contributed by atoms with van der Waals surface area (Å²) in [6.45, 7) is 17.5. The lowest BCUT2D eigenvalue weighted by Gasteiger charge is -2.52. The fourth-order valence-electron chi connectivity index (χ4n) is 7.51. The van der Waals surface area contributed by atoms with Crippen LogP contribution in [-0.4, -0.2) is 47.1 Å². The number of ketones is 1. The molecule has 2 bridgehead atoms. The molecule has 1 heterocycles. The average molecular weight is 457 g/mol. The van der Waals surface area contributed by atoms with Gasteiger partial charge in [0.1, 0.15) is 6.10 Å². The SMILES string of the molecule is C=C(C)C(=O)OC1C(C)=CC23C(=O)C(C=C4COC(C)(C)OC4C12O)C1C(C[C@H]3C)C1(C)C. The summed E-state index contributed by atoms with van der Waals surface area (Å²) in [4.78, 5) is 27.2. The maximum absolute atomic E-state index is 14.5. The van der Waals surface area contributed by atoms with Gasteiger partial charge in [-0.3, -0.25) is 4.79 Å². The monoisotopic (exact) mass is 456 g/mol. The van der Waals surface area contributed by atoms with Crippen LogP contribution >= 0.6 is 0 Å². The van der Waals surface area contributed by atoms with Crippen molar-refractivity contribution in [2.75, 3.05) is 6.61 Å². The van der Waals surface area contributed by atoms with E-state index in [2.05, 4.69) is 27.4 Å². The van der Waals surface area contributed by atoms with Crippen molar-refractivity contribution in [1.82, 2.24) is 0 Å². The van der Waals surface area contributed by atoms with Crippen LogP contribution in [0, 0.1) is 34.5 Å². The molecule has 7 unspecified atom stereocenters. The standard InChI is InChI=1S/C27H36O6/c1-13(2)23(29)32-21-14(3)11-26-15(4)9-18-19(24(18,5)6)17(20(26)28)10-16-12-31-25(7,8)33-22(16)27(21,26)30/h10-11,15,17-19,21-22,30H,1,9,12H2,2-8H3/t15-,17?,18?,19?,21?,22?,26?,27?/m1/s1. The Balaban J connectivity index is 1.74. The third-order valence-electron chi connectivity index (χ3n) is 9.24. The van der Waals surface area contributed by atoms with Gasteiger partial charge in [0.15, 0.2) is 23.3 Å². The van der Waals surface area contributed by atoms with Crippen LogP contribution < -0.4 is 0 Å². The van der Waals surface area contributed by atoms with E-state index in [-0.39, 0.29) is 41.1 Å². The molecule has 0 amide bonds. The second-order valence-corrected chi connectivity index (χ2v) is 12.1. The predicted molar refractivity (Wildman–Crippen MR) is 122 cm³/mol. The molecule has 1 spiro atoms. The lowest BCUT2D eigenvalue weighted by Crippen LogP contribution is -2.68. The molecule has 1 N–H and O–H groups in total. The van der Waals surface area contributed by atoms with Gasteiger partial charge in [-0.2, -0.15) is 0 Å². The number of hydrogen-bond acceptors (Lipinski definition) is 6. The van der Waals surface area contributed by atoms with E-state index in [4.69, 9.17) is 14.2 Å². The first-order valence-electron chi connectivity index (χ1n) is 12.0. The number of allylic oxidation sites excluding steroid dienone is 1. The Kier molecular flexibility index (Phi) is 4.65. The number of rotatable bonds is 2. The molecule has 4 aliphatic carbocycles. The van der Waals surface area contributed by atoms with Gasteiger partial charge in [0.05, 0.1) is 12.0 Å². The lowest BCUT2D eigenvalue weighted by atomic mass is 9.59. The van der Waals surface area contributed by atoms with Crippen LogP contribution in [0.1, 0.15) is 54.9 Å². The van der Waals surface area contributed by atoms with E-state index in [0.717, 1.165) is 12.0 Å². The maximum Gasteiger partial charge on any atom is 0.333 e. The first-order valence-corrected chi connectivity index (χ1v) is 12.0. The van der Waals surface area contributed by atoms with Gasteiger partial charge in [0.25, 0.3) is 0 Å². The third kappa shape index (κ3) is 2.77. The highest BCUT2D eigenvalue weighted by Crippen LogP contribution is 2.72. The second kappa shape index (κ2) is 6.67. The quantitative estimate of drug-likeness (QED) is 0.387. The predicted octanol–water partition coefficient (Wildman–Crippen LogP) is 3.74. The normalized spacial score (nSPS) is 46.5. The number of aliphatic hydroxyl groups is 1. The molecule has 8 atom stereocenters. The Bertz CT molecular complexity index is 1020. The second-order valence-electron chi connectivity index (χ2n) is 12.1. The smallest absolute Gasteiger partial charge is 0.333 e. The largest absolute Gasteiger partial charge is 0.451 e. The van der Waals surface area contributed by atoms with Crippen LogP contribution in [0.25, 0.3) is 0 Å². The molecule has 1 aliphatic heterocycles. The molecule has 1 saturated heterocycles. The van der Waals surface area contributed by atoms with Crippen molar-refractivity contribution in [3.05, 3.63) is 35.5 Å². The van der Waals surface area contributed by atoms with E-state index in [1.807, 2.05) is 19.1 Å². The minimum atomic E-state index is -1.78. The van der Waals surface area contributed by atoms with Crippen molar-refractivity contribution in [3.63, 3.8) is 0 Å². The molecule has 3 fully saturated rings. The Morgan fingerprint density at radius 2 is 1.94 bits per heavy atom. The summed E-state index contributed by atoms with van der Waals surface area (Å²) >= 11 is 0. The van der Waals surface area contributed by atoms with Crippen LogP contribution in [0.2, 0.25) is 0 Å². The van der Waals surface area contributed by atoms with E-state index < -0.39 is 35.0 Å². The number of ether oxygens (including phenoxy) is 3. The molecule has 6 nitrogen and oxygen atoms in total.